The van der Waals surface area contributed by atoms with Crippen LogP contribution < -0.4 is 20.6 Å². The fraction of sp³-hybridized carbons (Fsp3) is 0.262. The maximum absolute atomic E-state index is 7.32. The number of furan rings is 1. The number of fused-ring (bicyclic) bond motifs is 14. The summed E-state index contributed by atoms with van der Waals surface area (Å²) in [5, 5.41) is 4.90. The summed E-state index contributed by atoms with van der Waals surface area (Å²) in [7, 11) is 0. The highest BCUT2D eigenvalue weighted by atomic mass is 32.1. The molecule has 5 heteroatoms. The SMILES string of the molecule is Cc1cc2c(cc1N1c3ccc(-c4ccccc4)cc3B3c4c1cc1c(oc5ccccc51)c4-c1c(ccc4sc5ccccc5c14)N3c1ccc3c(c1)C(C)(C)CCC3(C)C)C(C)(C)CCC2(C)C. The van der Waals surface area contributed by atoms with E-state index in [-0.39, 0.29) is 28.5 Å². The molecule has 2 aliphatic carbocycles. The van der Waals surface area contributed by atoms with Crippen molar-refractivity contribution >= 4 is 99.7 Å². The molecule has 0 spiro atoms. The van der Waals surface area contributed by atoms with Crippen LogP contribution in [-0.2, 0) is 21.7 Å². The van der Waals surface area contributed by atoms with Crippen molar-refractivity contribution in [3.05, 3.63) is 173 Å². The highest BCUT2D eigenvalue weighted by Gasteiger charge is 2.49. The molecule has 70 heavy (non-hydrogen) atoms. The second kappa shape index (κ2) is 14.3. The topological polar surface area (TPSA) is 19.6 Å². The van der Waals surface area contributed by atoms with Gasteiger partial charge in [-0.3, -0.25) is 0 Å². The lowest BCUT2D eigenvalue weighted by Gasteiger charge is -2.48. The van der Waals surface area contributed by atoms with Gasteiger partial charge in [-0.05, 0) is 159 Å². The molecular weight excluding hydrogens is 868 g/mol. The number of hydrogen-bond acceptors (Lipinski definition) is 4. The van der Waals surface area contributed by atoms with Crippen molar-refractivity contribution in [1.82, 2.24) is 0 Å². The van der Waals surface area contributed by atoms with Crippen LogP contribution in [0.15, 0.2) is 150 Å². The quantitative estimate of drug-likeness (QED) is 0.165. The molecule has 4 aliphatic rings. The highest BCUT2D eigenvalue weighted by molar-refractivity contribution is 7.26. The fourth-order valence-electron chi connectivity index (χ4n) is 13.5. The zero-order chi connectivity index (χ0) is 47.8. The van der Waals surface area contributed by atoms with Gasteiger partial charge in [0.15, 0.2) is 0 Å². The third-order valence-corrected chi connectivity index (χ3v) is 18.8. The maximum Gasteiger partial charge on any atom is 0.333 e. The molecule has 4 heterocycles. The van der Waals surface area contributed by atoms with E-state index in [0.717, 1.165) is 34.8 Å². The van der Waals surface area contributed by atoms with Crippen LogP contribution in [0.25, 0.3) is 64.4 Å². The van der Waals surface area contributed by atoms with Crippen LogP contribution >= 0.6 is 11.3 Å². The van der Waals surface area contributed by atoms with E-state index in [1.807, 2.05) is 11.3 Å². The maximum atomic E-state index is 7.32. The summed E-state index contributed by atoms with van der Waals surface area (Å²) in [6, 6.07) is 56.1. The van der Waals surface area contributed by atoms with Gasteiger partial charge in [0.25, 0.3) is 0 Å². The monoisotopic (exact) mass is 926 g/mol. The van der Waals surface area contributed by atoms with E-state index in [9.17, 15) is 0 Å². The number of benzene rings is 8. The molecule has 0 radical (unpaired) electrons. The van der Waals surface area contributed by atoms with Crippen molar-refractivity contribution in [2.45, 2.75) is 110 Å². The van der Waals surface area contributed by atoms with Crippen molar-refractivity contribution in [2.75, 3.05) is 9.71 Å². The molecule has 0 fully saturated rings. The Morgan fingerprint density at radius 1 is 0.486 bits per heavy atom. The molecule has 10 aromatic rings. The van der Waals surface area contributed by atoms with Crippen LogP contribution in [0.1, 0.15) is 109 Å². The van der Waals surface area contributed by atoms with Gasteiger partial charge in [-0.2, -0.15) is 0 Å². The molecular formula is C65H59BN2OS. The number of aryl methyl sites for hydroxylation is 1. The Morgan fingerprint density at radius 2 is 1.13 bits per heavy atom. The average molecular weight is 927 g/mol. The number of nitrogens with zero attached hydrogens (tertiary/aromatic N) is 2. The van der Waals surface area contributed by atoms with Gasteiger partial charge in [0, 0.05) is 70.5 Å². The lowest BCUT2D eigenvalue weighted by Crippen LogP contribution is -2.61. The highest BCUT2D eigenvalue weighted by Crippen LogP contribution is 2.57. The summed E-state index contributed by atoms with van der Waals surface area (Å²) >= 11 is 1.90. The second-order valence-corrected chi connectivity index (χ2v) is 24.9. The minimum atomic E-state index is -0.182. The van der Waals surface area contributed by atoms with E-state index in [4.69, 9.17) is 4.42 Å². The summed E-state index contributed by atoms with van der Waals surface area (Å²) in [6.07, 6.45) is 4.67. The summed E-state index contributed by atoms with van der Waals surface area (Å²) in [4.78, 5) is 5.41. The standard InChI is InChI=1S/C65H59BN2OS/c1-38-33-46-48(65(8,9)32-31-63(46,4)5)37-52(38)67-50-26-23-40(39-17-11-10-12-18-39)34-49(50)66-60-53(67)36-44-42-19-13-15-21-54(42)69-61(44)59(60)58-51(27-28-56-57(58)43-20-14-16-22-55(43)70-56)68(66)41-24-25-45-47(35-41)64(6,7)30-29-62(45,2)3/h10-28,33-37H,29-32H2,1-9H3. The second-order valence-electron chi connectivity index (χ2n) is 23.8. The normalized spacial score (nSPS) is 17.9. The van der Waals surface area contributed by atoms with E-state index in [1.165, 1.54) is 122 Å². The first-order valence-corrected chi connectivity index (χ1v) is 26.4. The van der Waals surface area contributed by atoms with Gasteiger partial charge in [0.05, 0.1) is 0 Å². The molecule has 344 valence electrons. The van der Waals surface area contributed by atoms with Crippen molar-refractivity contribution < 1.29 is 4.42 Å². The molecule has 2 aromatic heterocycles. The Balaban J connectivity index is 1.17. The zero-order valence-corrected chi connectivity index (χ0v) is 42.8. The molecule has 0 saturated heterocycles. The first-order valence-electron chi connectivity index (χ1n) is 25.6. The minimum absolute atomic E-state index is 0.0323. The zero-order valence-electron chi connectivity index (χ0n) is 42.0. The van der Waals surface area contributed by atoms with E-state index in [1.54, 1.807) is 0 Å². The molecule has 0 atom stereocenters. The van der Waals surface area contributed by atoms with E-state index < -0.39 is 0 Å². The molecule has 0 unspecified atom stereocenters. The molecule has 3 nitrogen and oxygen atoms in total. The third-order valence-electron chi connectivity index (χ3n) is 17.7. The average Bonchev–Trinajstić information content (AvgIpc) is 3.93. The molecule has 0 amide bonds. The summed E-state index contributed by atoms with van der Waals surface area (Å²) in [5.74, 6) is 0. The minimum Gasteiger partial charge on any atom is -0.455 e. The molecule has 8 aromatic carbocycles. The van der Waals surface area contributed by atoms with Gasteiger partial charge in [-0.1, -0.05) is 146 Å². The number of thiophene rings is 1. The first kappa shape index (κ1) is 42.3. The number of para-hydroxylation sites is 1. The number of hydrogen-bond donors (Lipinski definition) is 0. The predicted octanol–water partition coefficient (Wildman–Crippen LogP) is 17.3. The lowest BCUT2D eigenvalue weighted by atomic mass is 9.43. The lowest BCUT2D eigenvalue weighted by molar-refractivity contribution is 0.332. The van der Waals surface area contributed by atoms with Gasteiger partial charge < -0.3 is 14.1 Å². The van der Waals surface area contributed by atoms with Crippen molar-refractivity contribution in [3.8, 4) is 22.3 Å². The Morgan fingerprint density at radius 3 is 1.89 bits per heavy atom. The molecule has 0 bridgehead atoms. The Labute approximate surface area is 416 Å². The van der Waals surface area contributed by atoms with E-state index >= 15 is 0 Å². The fourth-order valence-corrected chi connectivity index (χ4v) is 14.6. The van der Waals surface area contributed by atoms with E-state index in [0.29, 0.717) is 0 Å². The Hall–Kier alpha value is -6.56. The van der Waals surface area contributed by atoms with Gasteiger partial charge in [0.1, 0.15) is 11.2 Å². The summed E-state index contributed by atoms with van der Waals surface area (Å²) in [6.45, 7) is 21.8. The third kappa shape index (κ3) is 5.82. The van der Waals surface area contributed by atoms with Crippen LogP contribution in [0.5, 0.6) is 0 Å². The van der Waals surface area contributed by atoms with Gasteiger partial charge in [-0.15, -0.1) is 11.3 Å². The summed E-state index contributed by atoms with van der Waals surface area (Å²) in [5.41, 5.74) is 23.0. The van der Waals surface area contributed by atoms with Crippen LogP contribution in [0.4, 0.5) is 28.4 Å². The molecule has 0 N–H and O–H groups in total. The van der Waals surface area contributed by atoms with Gasteiger partial charge in [0.2, 0.25) is 0 Å². The van der Waals surface area contributed by atoms with Crippen molar-refractivity contribution in [2.24, 2.45) is 0 Å². The predicted molar refractivity (Wildman–Crippen MR) is 301 cm³/mol. The smallest absolute Gasteiger partial charge is 0.333 e. The van der Waals surface area contributed by atoms with Gasteiger partial charge in [-0.25, -0.2) is 0 Å². The molecule has 2 aliphatic heterocycles. The Bertz CT molecular complexity index is 3890. The Kier molecular flexibility index (Phi) is 8.64. The van der Waals surface area contributed by atoms with Crippen LogP contribution in [0.3, 0.4) is 0 Å². The first-order chi connectivity index (χ1) is 33.6. The number of rotatable bonds is 3. The van der Waals surface area contributed by atoms with Crippen molar-refractivity contribution in [1.29, 1.82) is 0 Å². The van der Waals surface area contributed by atoms with Gasteiger partial charge >= 0.3 is 6.85 Å². The molecule has 0 saturated carbocycles. The molecule has 14 rings (SSSR count). The van der Waals surface area contributed by atoms with E-state index in [2.05, 4.69) is 218 Å². The van der Waals surface area contributed by atoms with Crippen LogP contribution in [-0.4, -0.2) is 6.85 Å². The van der Waals surface area contributed by atoms with Crippen molar-refractivity contribution in [3.63, 3.8) is 0 Å². The summed E-state index contributed by atoms with van der Waals surface area (Å²) < 4.78 is 9.92. The van der Waals surface area contributed by atoms with Crippen LogP contribution in [0, 0.1) is 6.92 Å². The number of anilines is 5. The van der Waals surface area contributed by atoms with Crippen LogP contribution in [0.2, 0.25) is 0 Å². The largest absolute Gasteiger partial charge is 0.455 e.